The fraction of sp³-hybridized carbons (Fsp3) is 0.286. The van der Waals surface area contributed by atoms with Gasteiger partial charge < -0.3 is 15.2 Å². The van der Waals surface area contributed by atoms with Crippen molar-refractivity contribution in [3.63, 3.8) is 0 Å². The zero-order valence-corrected chi connectivity index (χ0v) is 14.9. The number of benzene rings is 2. The topological polar surface area (TPSA) is 49.3 Å². The molecule has 0 aliphatic heterocycles. The summed E-state index contributed by atoms with van der Waals surface area (Å²) >= 11 is 0. The maximum Gasteiger partial charge on any atom is 0.275 e. The number of rotatable bonds is 7. The molecule has 0 fully saturated rings. The number of nitrogens with one attached hydrogen (secondary N) is 3. The van der Waals surface area contributed by atoms with Gasteiger partial charge in [-0.2, -0.15) is 0 Å². The van der Waals surface area contributed by atoms with Crippen molar-refractivity contribution in [3.05, 3.63) is 71.4 Å². The maximum atomic E-state index is 12.2. The van der Waals surface area contributed by atoms with Gasteiger partial charge in [0.05, 0.1) is 7.05 Å². The Balaban J connectivity index is 1.44. The molecule has 3 aromatic rings. The van der Waals surface area contributed by atoms with Crippen LogP contribution >= 0.6 is 0 Å². The first kappa shape index (κ1) is 17.2. The van der Waals surface area contributed by atoms with E-state index in [1.807, 2.05) is 18.3 Å². The van der Waals surface area contributed by atoms with Gasteiger partial charge in [0.2, 0.25) is 0 Å². The minimum Gasteiger partial charge on any atom is -0.361 e. The lowest BCUT2D eigenvalue weighted by Crippen LogP contribution is -3.08. The number of aromatic nitrogens is 1. The molecule has 0 bridgehead atoms. The minimum atomic E-state index is 0.101. The standard InChI is InChI=1S/C21H25N3O/c1-16-7-9-17(10-8-16)14-24(2)15-21(25)22-12-11-18-13-23-20-6-4-3-5-19(18)20/h3-10,13,23H,11-12,14-15H2,1-2H3,(H,22,25)/p+1. The van der Waals surface area contributed by atoms with Crippen molar-refractivity contribution in [3.8, 4) is 0 Å². The molecule has 4 heteroatoms. The number of H-pyrrole nitrogens is 1. The van der Waals surface area contributed by atoms with E-state index in [2.05, 4.69) is 60.7 Å². The lowest BCUT2D eigenvalue weighted by molar-refractivity contribution is -0.885. The van der Waals surface area contributed by atoms with E-state index in [0.29, 0.717) is 13.1 Å². The molecule has 0 aliphatic rings. The lowest BCUT2D eigenvalue weighted by atomic mass is 10.1. The van der Waals surface area contributed by atoms with Crippen LogP contribution in [0.1, 0.15) is 16.7 Å². The van der Waals surface area contributed by atoms with Gasteiger partial charge in [0.1, 0.15) is 6.54 Å². The fourth-order valence-electron chi connectivity index (χ4n) is 3.13. The number of fused-ring (bicyclic) bond motifs is 1. The Labute approximate surface area is 148 Å². The molecule has 3 rings (SSSR count). The van der Waals surface area contributed by atoms with Crippen LogP contribution in [0.15, 0.2) is 54.7 Å². The second-order valence-electron chi connectivity index (χ2n) is 6.76. The molecule has 4 nitrogen and oxygen atoms in total. The predicted octanol–water partition coefficient (Wildman–Crippen LogP) is 1.85. The van der Waals surface area contributed by atoms with Crippen molar-refractivity contribution in [1.82, 2.24) is 10.3 Å². The van der Waals surface area contributed by atoms with E-state index in [-0.39, 0.29) is 5.91 Å². The highest BCUT2D eigenvalue weighted by Crippen LogP contribution is 2.17. The molecule has 1 heterocycles. The summed E-state index contributed by atoms with van der Waals surface area (Å²) in [4.78, 5) is 16.6. The molecule has 0 aliphatic carbocycles. The summed E-state index contributed by atoms with van der Waals surface area (Å²) in [6, 6.07) is 16.7. The number of hydrogen-bond acceptors (Lipinski definition) is 1. The summed E-state index contributed by atoms with van der Waals surface area (Å²) in [6.07, 6.45) is 2.87. The third-order valence-corrected chi connectivity index (χ3v) is 4.48. The number of hydrogen-bond donors (Lipinski definition) is 3. The van der Waals surface area contributed by atoms with E-state index in [0.717, 1.165) is 18.5 Å². The van der Waals surface area contributed by atoms with Crippen molar-refractivity contribution < 1.29 is 9.69 Å². The third-order valence-electron chi connectivity index (χ3n) is 4.48. The second kappa shape index (κ2) is 7.99. The van der Waals surface area contributed by atoms with Crippen LogP contribution < -0.4 is 10.2 Å². The van der Waals surface area contributed by atoms with Gasteiger partial charge in [0.15, 0.2) is 6.54 Å². The molecular formula is C21H26N3O+. The van der Waals surface area contributed by atoms with Crippen molar-refractivity contribution in [1.29, 1.82) is 0 Å². The predicted molar refractivity (Wildman–Crippen MR) is 102 cm³/mol. The summed E-state index contributed by atoms with van der Waals surface area (Å²) < 4.78 is 0. The van der Waals surface area contributed by atoms with Gasteiger partial charge >= 0.3 is 0 Å². The first-order valence-electron chi connectivity index (χ1n) is 8.80. The molecule has 3 N–H and O–H groups in total. The fourth-order valence-corrected chi connectivity index (χ4v) is 3.13. The largest absolute Gasteiger partial charge is 0.361 e. The first-order valence-corrected chi connectivity index (χ1v) is 8.80. The van der Waals surface area contributed by atoms with E-state index >= 15 is 0 Å². The minimum absolute atomic E-state index is 0.101. The third kappa shape index (κ3) is 4.70. The van der Waals surface area contributed by atoms with Crippen molar-refractivity contribution >= 4 is 16.8 Å². The SMILES string of the molecule is Cc1ccc(C[NH+](C)CC(=O)NCCc2c[nH]c3ccccc23)cc1. The Bertz CT molecular complexity index is 836. The van der Waals surface area contributed by atoms with Crippen molar-refractivity contribution in [2.45, 2.75) is 19.9 Å². The number of quaternary nitrogens is 1. The smallest absolute Gasteiger partial charge is 0.275 e. The number of amides is 1. The highest BCUT2D eigenvalue weighted by Gasteiger charge is 2.10. The molecular weight excluding hydrogens is 310 g/mol. The van der Waals surface area contributed by atoms with Gasteiger partial charge in [0, 0.05) is 29.2 Å². The van der Waals surface area contributed by atoms with Gasteiger partial charge in [0.25, 0.3) is 5.91 Å². The molecule has 0 saturated heterocycles. The Morgan fingerprint density at radius 2 is 1.88 bits per heavy atom. The summed E-state index contributed by atoms with van der Waals surface area (Å²) in [7, 11) is 2.05. The van der Waals surface area contributed by atoms with Gasteiger partial charge in [-0.3, -0.25) is 4.79 Å². The summed E-state index contributed by atoms with van der Waals surface area (Å²) in [6.45, 7) is 4.10. The van der Waals surface area contributed by atoms with Gasteiger partial charge in [-0.15, -0.1) is 0 Å². The highest BCUT2D eigenvalue weighted by molar-refractivity contribution is 5.83. The maximum absolute atomic E-state index is 12.2. The van der Waals surface area contributed by atoms with Crippen LogP contribution in [-0.2, 0) is 17.8 Å². The van der Waals surface area contributed by atoms with Gasteiger partial charge in [-0.25, -0.2) is 0 Å². The number of aryl methyl sites for hydroxylation is 1. The molecule has 0 saturated carbocycles. The molecule has 1 aromatic heterocycles. The molecule has 0 radical (unpaired) electrons. The number of para-hydroxylation sites is 1. The number of likely N-dealkylation sites (N-methyl/N-ethyl adjacent to an activating group) is 1. The Morgan fingerprint density at radius 3 is 2.68 bits per heavy atom. The van der Waals surface area contributed by atoms with E-state index in [1.165, 1.54) is 27.0 Å². The normalized spacial score (nSPS) is 12.2. The quantitative estimate of drug-likeness (QED) is 0.606. The van der Waals surface area contributed by atoms with E-state index in [9.17, 15) is 4.79 Å². The zero-order chi connectivity index (χ0) is 17.6. The van der Waals surface area contributed by atoms with Gasteiger partial charge in [-0.05, 0) is 25.0 Å². The van der Waals surface area contributed by atoms with Crippen molar-refractivity contribution in [2.75, 3.05) is 20.1 Å². The van der Waals surface area contributed by atoms with Crippen LogP contribution in [-0.4, -0.2) is 31.0 Å². The van der Waals surface area contributed by atoms with E-state index < -0.39 is 0 Å². The lowest BCUT2D eigenvalue weighted by Gasteiger charge is -2.14. The first-order chi connectivity index (χ1) is 12.1. The van der Waals surface area contributed by atoms with Crippen LogP contribution in [0.3, 0.4) is 0 Å². The monoisotopic (exact) mass is 336 g/mol. The average molecular weight is 336 g/mol. The molecule has 1 atom stereocenters. The Hall–Kier alpha value is -2.59. The Kier molecular flexibility index (Phi) is 5.51. The number of aromatic amines is 1. The Morgan fingerprint density at radius 1 is 1.12 bits per heavy atom. The van der Waals surface area contributed by atoms with Crippen molar-refractivity contribution in [2.24, 2.45) is 0 Å². The van der Waals surface area contributed by atoms with Crippen LogP contribution in [0.2, 0.25) is 0 Å². The molecule has 1 unspecified atom stereocenters. The summed E-state index contributed by atoms with van der Waals surface area (Å²) in [5.74, 6) is 0.101. The molecule has 25 heavy (non-hydrogen) atoms. The molecule has 0 spiro atoms. The van der Waals surface area contributed by atoms with E-state index in [1.54, 1.807) is 0 Å². The van der Waals surface area contributed by atoms with Crippen LogP contribution in [0.4, 0.5) is 0 Å². The van der Waals surface area contributed by atoms with E-state index in [4.69, 9.17) is 0 Å². The molecule has 2 aromatic carbocycles. The molecule has 1 amide bonds. The number of carbonyl (C=O) groups is 1. The van der Waals surface area contributed by atoms with Crippen LogP contribution in [0.25, 0.3) is 10.9 Å². The second-order valence-corrected chi connectivity index (χ2v) is 6.76. The summed E-state index contributed by atoms with van der Waals surface area (Å²) in [5, 5.41) is 4.27. The average Bonchev–Trinajstić information content (AvgIpc) is 3.00. The van der Waals surface area contributed by atoms with Crippen LogP contribution in [0.5, 0.6) is 0 Å². The molecule has 130 valence electrons. The highest BCUT2D eigenvalue weighted by atomic mass is 16.2. The summed E-state index contributed by atoms with van der Waals surface area (Å²) in [5.41, 5.74) is 4.91. The van der Waals surface area contributed by atoms with Crippen LogP contribution in [0, 0.1) is 6.92 Å². The van der Waals surface area contributed by atoms with Gasteiger partial charge in [-0.1, -0.05) is 48.0 Å². The zero-order valence-electron chi connectivity index (χ0n) is 14.9. The number of carbonyl (C=O) groups excluding carboxylic acids is 1.